The maximum absolute atomic E-state index is 12.5. The minimum Gasteiger partial charge on any atom is -0.469 e. The first-order valence-corrected chi connectivity index (χ1v) is 8.27. The van der Waals surface area contributed by atoms with E-state index in [1.807, 2.05) is 18.4 Å². The van der Waals surface area contributed by atoms with E-state index in [0.29, 0.717) is 16.8 Å². The summed E-state index contributed by atoms with van der Waals surface area (Å²) in [5, 5.41) is 2.82. The molecule has 1 amide bonds. The van der Waals surface area contributed by atoms with E-state index in [4.69, 9.17) is 0 Å². The number of nitrogens with zero attached hydrogens (tertiary/aromatic N) is 3. The van der Waals surface area contributed by atoms with Crippen LogP contribution in [0.4, 0.5) is 5.69 Å². The lowest BCUT2D eigenvalue weighted by Gasteiger charge is -2.08. The quantitative estimate of drug-likeness (QED) is 0.714. The maximum Gasteiger partial charge on any atom is 0.309 e. The summed E-state index contributed by atoms with van der Waals surface area (Å²) in [6.45, 7) is 4.09. The Morgan fingerprint density at radius 3 is 2.77 bits per heavy atom. The van der Waals surface area contributed by atoms with Crippen LogP contribution in [0.5, 0.6) is 0 Å². The van der Waals surface area contributed by atoms with Gasteiger partial charge in [-0.05, 0) is 37.6 Å². The summed E-state index contributed by atoms with van der Waals surface area (Å²) in [6, 6.07) is 9.05. The molecule has 7 nitrogen and oxygen atoms in total. The van der Waals surface area contributed by atoms with Gasteiger partial charge in [-0.25, -0.2) is 9.97 Å². The van der Waals surface area contributed by atoms with E-state index in [1.165, 1.54) is 13.3 Å². The van der Waals surface area contributed by atoms with Crippen LogP contribution in [0.3, 0.4) is 0 Å². The predicted molar refractivity (Wildman–Crippen MR) is 98.0 cm³/mol. The molecule has 2 aromatic heterocycles. The molecule has 0 fully saturated rings. The number of methoxy groups -OCH3 is 1. The van der Waals surface area contributed by atoms with Crippen LogP contribution in [0.2, 0.25) is 0 Å². The van der Waals surface area contributed by atoms with Gasteiger partial charge in [0, 0.05) is 17.9 Å². The SMILES string of the molecule is COC(=O)Cc1cccc(NC(=O)c2cnc3c(c2)ncn3C(C)C)c1. The van der Waals surface area contributed by atoms with E-state index < -0.39 is 0 Å². The molecule has 3 rings (SSSR count). The third-order valence-electron chi connectivity index (χ3n) is 3.99. The van der Waals surface area contributed by atoms with Gasteiger partial charge in [-0.2, -0.15) is 0 Å². The molecule has 0 aliphatic rings. The minimum atomic E-state index is -0.330. The van der Waals surface area contributed by atoms with Gasteiger partial charge >= 0.3 is 5.97 Å². The zero-order valence-electron chi connectivity index (χ0n) is 14.9. The molecule has 0 saturated carbocycles. The average Bonchev–Trinajstić information content (AvgIpc) is 3.05. The topological polar surface area (TPSA) is 86.1 Å². The number of pyridine rings is 1. The van der Waals surface area contributed by atoms with Gasteiger partial charge in [-0.1, -0.05) is 12.1 Å². The smallest absolute Gasteiger partial charge is 0.309 e. The molecular formula is C19H20N4O3. The second kappa shape index (κ2) is 7.35. The molecule has 1 N–H and O–H groups in total. The first kappa shape index (κ1) is 17.6. The molecule has 0 aliphatic heterocycles. The van der Waals surface area contributed by atoms with Crippen LogP contribution in [0.15, 0.2) is 42.9 Å². The summed E-state index contributed by atoms with van der Waals surface area (Å²) >= 11 is 0. The van der Waals surface area contributed by atoms with Gasteiger partial charge in [0.05, 0.1) is 25.4 Å². The summed E-state index contributed by atoms with van der Waals surface area (Å²) in [5.74, 6) is -0.613. The van der Waals surface area contributed by atoms with Crippen molar-refractivity contribution in [2.24, 2.45) is 0 Å². The second-order valence-electron chi connectivity index (χ2n) is 6.22. The Morgan fingerprint density at radius 2 is 2.04 bits per heavy atom. The van der Waals surface area contributed by atoms with Crippen LogP contribution < -0.4 is 5.32 Å². The number of ether oxygens (including phenoxy) is 1. The van der Waals surface area contributed by atoms with Crippen LogP contribution >= 0.6 is 0 Å². The molecule has 134 valence electrons. The summed E-state index contributed by atoms with van der Waals surface area (Å²) in [5.41, 5.74) is 3.20. The fraction of sp³-hybridized carbons (Fsp3) is 0.263. The van der Waals surface area contributed by atoms with Crippen LogP contribution in [0.25, 0.3) is 11.2 Å². The van der Waals surface area contributed by atoms with E-state index in [0.717, 1.165) is 11.2 Å². The zero-order chi connectivity index (χ0) is 18.7. The number of fused-ring (bicyclic) bond motifs is 1. The van der Waals surface area contributed by atoms with E-state index in [1.54, 1.807) is 36.7 Å². The maximum atomic E-state index is 12.5. The van der Waals surface area contributed by atoms with Gasteiger partial charge in [-0.3, -0.25) is 9.59 Å². The molecule has 0 saturated heterocycles. The fourth-order valence-electron chi connectivity index (χ4n) is 2.62. The fourth-order valence-corrected chi connectivity index (χ4v) is 2.62. The third-order valence-corrected chi connectivity index (χ3v) is 3.99. The van der Waals surface area contributed by atoms with Crippen molar-refractivity contribution in [3.8, 4) is 0 Å². The molecule has 0 bridgehead atoms. The lowest BCUT2D eigenvalue weighted by Crippen LogP contribution is -2.13. The Kier molecular flexibility index (Phi) is 4.97. The number of carbonyl (C=O) groups excluding carboxylic acids is 2. The number of nitrogens with one attached hydrogen (secondary N) is 1. The van der Waals surface area contributed by atoms with Crippen LogP contribution in [0, 0.1) is 0 Å². The Balaban J connectivity index is 1.79. The van der Waals surface area contributed by atoms with Gasteiger partial charge in [0.15, 0.2) is 5.65 Å². The third kappa shape index (κ3) is 3.72. The van der Waals surface area contributed by atoms with E-state index in [-0.39, 0.29) is 24.3 Å². The summed E-state index contributed by atoms with van der Waals surface area (Å²) < 4.78 is 6.61. The number of rotatable bonds is 5. The van der Waals surface area contributed by atoms with E-state index in [9.17, 15) is 9.59 Å². The van der Waals surface area contributed by atoms with Crippen molar-refractivity contribution in [2.45, 2.75) is 26.3 Å². The number of imidazole rings is 1. The number of benzene rings is 1. The van der Waals surface area contributed by atoms with Crippen molar-refractivity contribution in [1.29, 1.82) is 0 Å². The molecule has 0 unspecified atom stereocenters. The second-order valence-corrected chi connectivity index (χ2v) is 6.22. The Bertz CT molecular complexity index is 962. The highest BCUT2D eigenvalue weighted by Crippen LogP contribution is 2.18. The highest BCUT2D eigenvalue weighted by atomic mass is 16.5. The molecule has 26 heavy (non-hydrogen) atoms. The minimum absolute atomic E-state index is 0.153. The molecule has 0 atom stereocenters. The Labute approximate surface area is 151 Å². The van der Waals surface area contributed by atoms with Crippen molar-refractivity contribution in [1.82, 2.24) is 14.5 Å². The Morgan fingerprint density at radius 1 is 1.23 bits per heavy atom. The molecule has 7 heteroatoms. The van der Waals surface area contributed by atoms with Gasteiger partial charge in [0.1, 0.15) is 5.52 Å². The predicted octanol–water partition coefficient (Wildman–Crippen LogP) is 2.98. The molecule has 0 spiro atoms. The van der Waals surface area contributed by atoms with E-state index in [2.05, 4.69) is 20.0 Å². The van der Waals surface area contributed by atoms with Crippen molar-refractivity contribution >= 4 is 28.7 Å². The lowest BCUT2D eigenvalue weighted by molar-refractivity contribution is -0.139. The molecule has 0 aliphatic carbocycles. The lowest BCUT2D eigenvalue weighted by atomic mass is 10.1. The summed E-state index contributed by atoms with van der Waals surface area (Å²) in [6.07, 6.45) is 3.41. The van der Waals surface area contributed by atoms with Crippen LogP contribution in [-0.4, -0.2) is 33.5 Å². The molecule has 3 aromatic rings. The van der Waals surface area contributed by atoms with Gasteiger partial charge in [0.2, 0.25) is 0 Å². The Hall–Kier alpha value is -3.22. The number of anilines is 1. The molecule has 0 radical (unpaired) electrons. The highest BCUT2D eigenvalue weighted by molar-refractivity contribution is 6.05. The van der Waals surface area contributed by atoms with Crippen molar-refractivity contribution < 1.29 is 14.3 Å². The molecule has 1 aromatic carbocycles. The number of hydrogen-bond acceptors (Lipinski definition) is 5. The first-order valence-electron chi connectivity index (χ1n) is 8.27. The number of carbonyl (C=O) groups is 2. The van der Waals surface area contributed by atoms with Crippen molar-refractivity contribution in [3.05, 3.63) is 54.0 Å². The van der Waals surface area contributed by atoms with Gasteiger partial charge in [-0.15, -0.1) is 0 Å². The van der Waals surface area contributed by atoms with Crippen molar-refractivity contribution in [2.75, 3.05) is 12.4 Å². The number of aromatic nitrogens is 3. The molecule has 2 heterocycles. The van der Waals surface area contributed by atoms with Gasteiger partial charge in [0.25, 0.3) is 5.91 Å². The zero-order valence-corrected chi connectivity index (χ0v) is 14.9. The van der Waals surface area contributed by atoms with Crippen LogP contribution in [0.1, 0.15) is 35.8 Å². The molecular weight excluding hydrogens is 332 g/mol. The average molecular weight is 352 g/mol. The number of amides is 1. The van der Waals surface area contributed by atoms with E-state index >= 15 is 0 Å². The monoisotopic (exact) mass is 352 g/mol. The first-order chi connectivity index (χ1) is 12.5. The number of esters is 1. The number of hydrogen-bond donors (Lipinski definition) is 1. The summed E-state index contributed by atoms with van der Waals surface area (Å²) in [7, 11) is 1.34. The standard InChI is InChI=1S/C19H20N4O3/c1-12(2)23-11-21-16-9-14(10-20-18(16)23)19(25)22-15-6-4-5-13(7-15)8-17(24)26-3/h4-7,9-12H,8H2,1-3H3,(H,22,25). The van der Waals surface area contributed by atoms with Crippen molar-refractivity contribution in [3.63, 3.8) is 0 Å². The van der Waals surface area contributed by atoms with Crippen LogP contribution in [-0.2, 0) is 16.0 Å². The largest absolute Gasteiger partial charge is 0.469 e. The van der Waals surface area contributed by atoms with Gasteiger partial charge < -0.3 is 14.6 Å². The highest BCUT2D eigenvalue weighted by Gasteiger charge is 2.12. The normalized spacial score (nSPS) is 10.9. The summed E-state index contributed by atoms with van der Waals surface area (Å²) in [4.78, 5) is 32.6.